The third-order valence-corrected chi connectivity index (χ3v) is 14.0. The maximum Gasteiger partial charge on any atom is 0 e. The van der Waals surface area contributed by atoms with Crippen molar-refractivity contribution in [1.29, 1.82) is 0 Å². The molecular formula is C33H30P2Y4-4. The molecule has 0 nitrogen and oxygen atoms in total. The molecule has 4 aromatic rings. The molecule has 0 amide bonds. The number of fused-ring (bicyclic) bond motifs is 6. The quantitative estimate of drug-likeness (QED) is 0.140. The molecule has 4 radical (unpaired) electrons. The van der Waals surface area contributed by atoms with Crippen LogP contribution in [0, 0.1) is 52.0 Å². The summed E-state index contributed by atoms with van der Waals surface area (Å²) in [4.78, 5) is 0. The van der Waals surface area contributed by atoms with Gasteiger partial charge in [-0.25, -0.2) is 22.3 Å². The third kappa shape index (κ3) is 7.88. The molecule has 0 saturated carbocycles. The van der Waals surface area contributed by atoms with Crippen molar-refractivity contribution in [2.24, 2.45) is 0 Å². The van der Waals surface area contributed by atoms with Gasteiger partial charge in [0.05, 0.1) is 0 Å². The van der Waals surface area contributed by atoms with Crippen molar-refractivity contribution in [3.63, 3.8) is 0 Å². The number of rotatable bonds is 2. The minimum atomic E-state index is -0.168. The van der Waals surface area contributed by atoms with Crippen LogP contribution >= 0.6 is 15.8 Å². The zero-order chi connectivity index (χ0) is 24.1. The number of benzene rings is 4. The number of hydrogen-bond acceptors (Lipinski definition) is 0. The summed E-state index contributed by atoms with van der Waals surface area (Å²) in [6.07, 6.45) is 4.81. The Morgan fingerprint density at radius 2 is 0.692 bits per heavy atom. The standard InChI is InChI=1S/C33H30P2.4Y/c1-22-9-5-13-26-27-14-6-10-23(2)31(27)18-34(17-30(22)26)21-35-19-32-24(3)11-7-15-28(32)29-16-8-12-25(4)33(29)20-35;;;;/h5-12H,17-21H2,1-4H3;;;;/q-4;;;;. The molecular weight excluding hydrogens is 814 g/mol. The summed E-state index contributed by atoms with van der Waals surface area (Å²) < 4.78 is 0. The second kappa shape index (κ2) is 16.5. The van der Waals surface area contributed by atoms with E-state index in [1.54, 1.807) is 0 Å². The zero-order valence-corrected chi connectivity index (χ0v) is 36.5. The molecule has 6 heteroatoms. The van der Waals surface area contributed by atoms with E-state index in [1.807, 2.05) is 0 Å². The molecule has 0 bridgehead atoms. The molecule has 0 aliphatic carbocycles. The van der Waals surface area contributed by atoms with E-state index in [2.05, 4.69) is 100 Å². The molecule has 0 unspecified atom stereocenters. The van der Waals surface area contributed by atoms with Crippen molar-refractivity contribution in [3.8, 4) is 22.3 Å². The molecule has 39 heavy (non-hydrogen) atoms. The Balaban J connectivity index is 0.00000133. The number of aryl methyl sites for hydroxylation is 4. The first-order valence-electron chi connectivity index (χ1n) is 12.5. The molecule has 4 aromatic carbocycles. The SMILES string of the molecule is Cc1cc[c-]c2c1CP(CP1Cc3c([c-]ccc3C)-c3[c-]ccc(C)c3C1)Cc1c-2[c-]ccc1C.[Y].[Y].[Y].[Y]. The summed E-state index contributed by atoms with van der Waals surface area (Å²) in [5.74, 6) is 1.35. The first-order chi connectivity index (χ1) is 17.0. The first-order valence-corrected chi connectivity index (χ1v) is 16.2. The molecule has 188 valence electrons. The van der Waals surface area contributed by atoms with Crippen molar-refractivity contribution < 1.29 is 131 Å². The predicted molar refractivity (Wildman–Crippen MR) is 152 cm³/mol. The molecule has 2 aliphatic rings. The monoisotopic (exact) mass is 844 g/mol. The van der Waals surface area contributed by atoms with Gasteiger partial charge in [0.25, 0.3) is 0 Å². The van der Waals surface area contributed by atoms with Crippen molar-refractivity contribution in [2.75, 3.05) is 5.90 Å². The minimum absolute atomic E-state index is 0. The van der Waals surface area contributed by atoms with E-state index in [1.165, 1.54) is 97.3 Å². The average Bonchev–Trinajstić information content (AvgIpc) is 3.10. The molecule has 2 heterocycles. The van der Waals surface area contributed by atoms with Gasteiger partial charge in [0.15, 0.2) is 0 Å². The van der Waals surface area contributed by atoms with Gasteiger partial charge in [0.1, 0.15) is 0 Å². The van der Waals surface area contributed by atoms with E-state index in [-0.39, 0.29) is 147 Å². The molecule has 2 aliphatic heterocycles. The topological polar surface area (TPSA) is 0 Å². The summed E-state index contributed by atoms with van der Waals surface area (Å²) in [5, 5.41) is 0. The Bertz CT molecular complexity index is 1230. The molecule has 0 fully saturated rings. The number of hydrogen-bond donors (Lipinski definition) is 0. The summed E-state index contributed by atoms with van der Waals surface area (Å²) in [5.41, 5.74) is 16.9. The fourth-order valence-corrected chi connectivity index (χ4v) is 13.2. The maximum atomic E-state index is 3.60. The van der Waals surface area contributed by atoms with Crippen LogP contribution in [0.1, 0.15) is 44.5 Å². The Morgan fingerprint density at radius 1 is 0.462 bits per heavy atom. The van der Waals surface area contributed by atoms with E-state index in [0.717, 1.165) is 0 Å². The summed E-state index contributed by atoms with van der Waals surface area (Å²) >= 11 is 0. The Morgan fingerprint density at radius 3 is 0.923 bits per heavy atom. The van der Waals surface area contributed by atoms with Crippen LogP contribution in [0.25, 0.3) is 22.3 Å². The normalized spacial score (nSPS) is 13.8. The molecule has 0 atom stereocenters. The van der Waals surface area contributed by atoms with E-state index >= 15 is 0 Å². The van der Waals surface area contributed by atoms with E-state index in [9.17, 15) is 0 Å². The van der Waals surface area contributed by atoms with Crippen LogP contribution in [0.2, 0.25) is 0 Å². The van der Waals surface area contributed by atoms with Crippen LogP contribution in [-0.4, -0.2) is 5.90 Å². The van der Waals surface area contributed by atoms with Crippen LogP contribution < -0.4 is 0 Å². The second-order valence-corrected chi connectivity index (χ2v) is 15.3. The van der Waals surface area contributed by atoms with Crippen LogP contribution in [0.15, 0.2) is 48.5 Å². The average molecular weight is 844 g/mol. The van der Waals surface area contributed by atoms with Crippen LogP contribution in [0.4, 0.5) is 0 Å². The van der Waals surface area contributed by atoms with E-state index in [4.69, 9.17) is 0 Å². The van der Waals surface area contributed by atoms with Gasteiger partial charge in [-0.05, 0) is 5.90 Å². The smallest absolute Gasteiger partial charge is 0 e. The van der Waals surface area contributed by atoms with Crippen molar-refractivity contribution in [2.45, 2.75) is 52.3 Å². The first kappa shape index (κ1) is 37.3. The largest absolute Gasteiger partial charge is 0.222 e. The maximum absolute atomic E-state index is 3.60. The second-order valence-electron chi connectivity index (χ2n) is 10.2. The summed E-state index contributed by atoms with van der Waals surface area (Å²) in [6.45, 7) is 9.12. The van der Waals surface area contributed by atoms with E-state index in [0.29, 0.717) is 0 Å². The van der Waals surface area contributed by atoms with E-state index < -0.39 is 0 Å². The fourth-order valence-electron chi connectivity index (χ4n) is 5.74. The predicted octanol–water partition coefficient (Wildman–Crippen LogP) is 9.09. The van der Waals surface area contributed by atoms with Gasteiger partial charge < -0.3 is 0 Å². The van der Waals surface area contributed by atoms with Gasteiger partial charge in [0.2, 0.25) is 0 Å². The molecule has 0 aromatic heterocycles. The van der Waals surface area contributed by atoms with Gasteiger partial charge in [-0.15, -0.1) is 62.4 Å². The van der Waals surface area contributed by atoms with Gasteiger partial charge in [-0.3, -0.25) is 0 Å². The Kier molecular flexibility index (Phi) is 15.8. The molecule has 0 N–H and O–H groups in total. The van der Waals surface area contributed by atoms with Crippen LogP contribution in [0.5, 0.6) is 0 Å². The van der Waals surface area contributed by atoms with Crippen molar-refractivity contribution >= 4 is 15.8 Å². The zero-order valence-electron chi connectivity index (χ0n) is 23.4. The van der Waals surface area contributed by atoms with Crippen LogP contribution in [-0.2, 0) is 155 Å². The van der Waals surface area contributed by atoms with Gasteiger partial charge >= 0.3 is 0 Å². The van der Waals surface area contributed by atoms with Gasteiger partial charge in [-0.1, -0.05) is 52.3 Å². The Labute approximate surface area is 338 Å². The summed E-state index contributed by atoms with van der Waals surface area (Å²) in [6, 6.07) is 31.8. The third-order valence-electron chi connectivity index (χ3n) is 7.78. The molecule has 6 rings (SSSR count). The van der Waals surface area contributed by atoms with Crippen molar-refractivity contribution in [1.82, 2.24) is 0 Å². The fraction of sp³-hybridized carbons (Fsp3) is 0.273. The minimum Gasteiger partial charge on any atom is -0.222 e. The molecule has 0 saturated heterocycles. The van der Waals surface area contributed by atoms with Crippen molar-refractivity contribution in [3.05, 3.63) is 117 Å². The Hall–Kier alpha value is 2.16. The summed E-state index contributed by atoms with van der Waals surface area (Å²) in [7, 11) is -0.336. The van der Waals surface area contributed by atoms with Gasteiger partial charge in [0, 0.05) is 131 Å². The molecule has 0 spiro atoms. The van der Waals surface area contributed by atoms with Gasteiger partial charge in [-0.2, -0.15) is 70.8 Å². The van der Waals surface area contributed by atoms with Crippen LogP contribution in [0.3, 0.4) is 0 Å².